The summed E-state index contributed by atoms with van der Waals surface area (Å²) in [6.45, 7) is 1.38. The minimum absolute atomic E-state index is 0. The van der Waals surface area contributed by atoms with Crippen LogP contribution in [0.15, 0.2) is 0 Å². The van der Waals surface area contributed by atoms with Crippen molar-refractivity contribution in [3.63, 3.8) is 0 Å². The number of likely N-dealkylation sites (N-methyl/N-ethyl adjacent to an activating group) is 1. The lowest BCUT2D eigenvalue weighted by molar-refractivity contribution is -0.870. The molecule has 0 aromatic heterocycles. The van der Waals surface area contributed by atoms with Crippen LogP contribution in [0.5, 0.6) is 0 Å². The van der Waals surface area contributed by atoms with Gasteiger partial charge in [-0.25, -0.2) is 0 Å². The van der Waals surface area contributed by atoms with Crippen molar-refractivity contribution in [1.29, 1.82) is 0 Å². The van der Waals surface area contributed by atoms with Crippen LogP contribution in [0.3, 0.4) is 0 Å². The molecule has 0 saturated heterocycles. The standard InChI is InChI=1S/C24H47NO4.ClH/c1-25(2,3)21-22-29-24(28)20-18-16-14-12-10-8-6-4-5-7-9-11-13-15-17-19-23(26)27;/h4-22H2,1-3H3;1H. The summed E-state index contributed by atoms with van der Waals surface area (Å²) in [7, 11) is 6.30. The van der Waals surface area contributed by atoms with Gasteiger partial charge in [0.25, 0.3) is 0 Å². The average Bonchev–Trinajstić information content (AvgIpc) is 2.63. The van der Waals surface area contributed by atoms with Gasteiger partial charge in [0.15, 0.2) is 0 Å². The lowest BCUT2D eigenvalue weighted by Crippen LogP contribution is -3.00. The van der Waals surface area contributed by atoms with Crippen LogP contribution in [0.1, 0.15) is 109 Å². The lowest BCUT2D eigenvalue weighted by Gasteiger charge is -2.23. The number of hydrogen-bond donors (Lipinski definition) is 1. The Morgan fingerprint density at radius 2 is 0.967 bits per heavy atom. The van der Waals surface area contributed by atoms with E-state index in [0.717, 1.165) is 36.7 Å². The van der Waals surface area contributed by atoms with Crippen LogP contribution in [0.25, 0.3) is 0 Å². The molecular weight excluding hydrogens is 402 g/mol. The molecular formula is C24H48ClNO4. The fourth-order valence-corrected chi connectivity index (χ4v) is 3.35. The van der Waals surface area contributed by atoms with Crippen molar-refractivity contribution in [2.24, 2.45) is 0 Å². The molecule has 0 unspecified atom stereocenters. The molecule has 180 valence electrons. The van der Waals surface area contributed by atoms with Gasteiger partial charge in [-0.05, 0) is 12.8 Å². The highest BCUT2D eigenvalue weighted by Gasteiger charge is 2.09. The maximum absolute atomic E-state index is 11.7. The van der Waals surface area contributed by atoms with E-state index in [9.17, 15) is 9.59 Å². The first-order valence-electron chi connectivity index (χ1n) is 12.0. The largest absolute Gasteiger partial charge is 1.00 e. The SMILES string of the molecule is C[N+](C)(C)CCOC(=O)CCCCCCCCCCCCCCCCCC(=O)O.[Cl-]. The Kier molecular flexibility index (Phi) is 22.4. The Labute approximate surface area is 191 Å². The number of aliphatic carboxylic acids is 1. The molecule has 0 fully saturated rings. The van der Waals surface area contributed by atoms with Crippen molar-refractivity contribution in [3.8, 4) is 0 Å². The van der Waals surface area contributed by atoms with Gasteiger partial charge in [-0.15, -0.1) is 0 Å². The van der Waals surface area contributed by atoms with Crippen LogP contribution < -0.4 is 12.4 Å². The fraction of sp³-hybridized carbons (Fsp3) is 0.917. The molecule has 0 amide bonds. The third-order valence-corrected chi connectivity index (χ3v) is 5.30. The monoisotopic (exact) mass is 449 g/mol. The maximum Gasteiger partial charge on any atom is 0.305 e. The van der Waals surface area contributed by atoms with Gasteiger partial charge in [0.05, 0.1) is 21.1 Å². The third kappa shape index (κ3) is 27.2. The molecule has 1 N–H and O–H groups in total. The number of hydrogen-bond acceptors (Lipinski definition) is 3. The number of rotatable bonds is 21. The Morgan fingerprint density at radius 1 is 0.633 bits per heavy atom. The molecule has 0 atom stereocenters. The highest BCUT2D eigenvalue weighted by molar-refractivity contribution is 5.69. The summed E-state index contributed by atoms with van der Waals surface area (Å²) >= 11 is 0. The number of carboxylic acid groups (broad SMARTS) is 1. The van der Waals surface area contributed by atoms with Gasteiger partial charge in [-0.3, -0.25) is 9.59 Å². The number of ether oxygens (including phenoxy) is 1. The van der Waals surface area contributed by atoms with E-state index in [0.29, 0.717) is 19.4 Å². The molecule has 0 spiro atoms. The Morgan fingerprint density at radius 3 is 1.30 bits per heavy atom. The molecule has 0 aliphatic heterocycles. The summed E-state index contributed by atoms with van der Waals surface area (Å²) in [6, 6.07) is 0. The molecule has 0 heterocycles. The van der Waals surface area contributed by atoms with Crippen LogP contribution in [-0.2, 0) is 14.3 Å². The number of carbonyl (C=O) groups excluding carboxylic acids is 1. The smallest absolute Gasteiger partial charge is 0.305 e. The zero-order chi connectivity index (χ0) is 21.8. The number of esters is 1. The predicted octanol–water partition coefficient (Wildman–Crippen LogP) is 2.96. The molecule has 0 saturated carbocycles. The van der Waals surface area contributed by atoms with E-state index in [4.69, 9.17) is 9.84 Å². The van der Waals surface area contributed by atoms with Crippen molar-refractivity contribution < 1.29 is 36.3 Å². The van der Waals surface area contributed by atoms with Crippen molar-refractivity contribution in [1.82, 2.24) is 0 Å². The molecule has 30 heavy (non-hydrogen) atoms. The van der Waals surface area contributed by atoms with Gasteiger partial charge < -0.3 is 26.7 Å². The highest BCUT2D eigenvalue weighted by atomic mass is 35.5. The minimum Gasteiger partial charge on any atom is -1.00 e. The van der Waals surface area contributed by atoms with Crippen molar-refractivity contribution >= 4 is 11.9 Å². The van der Waals surface area contributed by atoms with Gasteiger partial charge in [0.1, 0.15) is 13.2 Å². The number of unbranched alkanes of at least 4 members (excludes halogenated alkanes) is 14. The van der Waals surface area contributed by atoms with Crippen LogP contribution in [0, 0.1) is 0 Å². The Bertz CT molecular complexity index is 411. The number of halogens is 1. The quantitative estimate of drug-likeness (QED) is 0.166. The first-order valence-corrected chi connectivity index (χ1v) is 12.0. The minimum atomic E-state index is -0.670. The van der Waals surface area contributed by atoms with Gasteiger partial charge >= 0.3 is 11.9 Å². The van der Waals surface area contributed by atoms with Crippen LogP contribution >= 0.6 is 0 Å². The van der Waals surface area contributed by atoms with E-state index >= 15 is 0 Å². The lowest BCUT2D eigenvalue weighted by atomic mass is 10.0. The van der Waals surface area contributed by atoms with Crippen LogP contribution in [0.2, 0.25) is 0 Å². The molecule has 0 bridgehead atoms. The van der Waals surface area contributed by atoms with E-state index in [1.165, 1.54) is 70.6 Å². The van der Waals surface area contributed by atoms with Crippen molar-refractivity contribution in [2.45, 2.75) is 109 Å². The molecule has 0 aliphatic carbocycles. The molecule has 5 nitrogen and oxygen atoms in total. The van der Waals surface area contributed by atoms with Gasteiger partial charge in [-0.2, -0.15) is 0 Å². The molecule has 0 rings (SSSR count). The zero-order valence-electron chi connectivity index (χ0n) is 19.9. The molecule has 0 radical (unpaired) electrons. The number of nitrogens with zero attached hydrogens (tertiary/aromatic N) is 1. The fourth-order valence-electron chi connectivity index (χ4n) is 3.35. The first-order chi connectivity index (χ1) is 13.8. The Hall–Kier alpha value is -0.810. The van der Waals surface area contributed by atoms with Crippen LogP contribution in [-0.4, -0.2) is 55.8 Å². The summed E-state index contributed by atoms with van der Waals surface area (Å²) in [5, 5.41) is 8.58. The van der Waals surface area contributed by atoms with Gasteiger partial charge in [0, 0.05) is 12.8 Å². The van der Waals surface area contributed by atoms with E-state index in [-0.39, 0.29) is 18.4 Å². The molecule has 0 aliphatic rings. The van der Waals surface area contributed by atoms with Gasteiger partial charge in [0.2, 0.25) is 0 Å². The summed E-state index contributed by atoms with van der Waals surface area (Å²) in [6.07, 6.45) is 19.1. The summed E-state index contributed by atoms with van der Waals surface area (Å²) in [4.78, 5) is 22.1. The molecule has 6 heteroatoms. The summed E-state index contributed by atoms with van der Waals surface area (Å²) in [5.41, 5.74) is 0. The number of quaternary nitrogens is 1. The molecule has 0 aromatic carbocycles. The summed E-state index contributed by atoms with van der Waals surface area (Å²) < 4.78 is 6.10. The number of carbonyl (C=O) groups is 2. The van der Waals surface area contributed by atoms with Crippen molar-refractivity contribution in [2.75, 3.05) is 34.3 Å². The average molecular weight is 450 g/mol. The first kappa shape index (κ1) is 31.4. The number of carboxylic acids is 1. The van der Waals surface area contributed by atoms with E-state index in [1.807, 2.05) is 0 Å². The topological polar surface area (TPSA) is 63.6 Å². The normalized spacial score (nSPS) is 11.2. The second-order valence-electron chi connectivity index (χ2n) is 9.43. The highest BCUT2D eigenvalue weighted by Crippen LogP contribution is 2.14. The third-order valence-electron chi connectivity index (χ3n) is 5.30. The van der Waals surface area contributed by atoms with E-state index in [2.05, 4.69) is 21.1 Å². The van der Waals surface area contributed by atoms with Gasteiger partial charge in [-0.1, -0.05) is 83.5 Å². The van der Waals surface area contributed by atoms with E-state index < -0.39 is 5.97 Å². The molecule has 0 aromatic rings. The van der Waals surface area contributed by atoms with E-state index in [1.54, 1.807) is 0 Å². The second-order valence-corrected chi connectivity index (χ2v) is 9.43. The van der Waals surface area contributed by atoms with Crippen LogP contribution in [0.4, 0.5) is 0 Å². The summed E-state index contributed by atoms with van der Waals surface area (Å²) in [5.74, 6) is -0.713. The zero-order valence-corrected chi connectivity index (χ0v) is 20.7. The van der Waals surface area contributed by atoms with Crippen molar-refractivity contribution in [3.05, 3.63) is 0 Å². The predicted molar refractivity (Wildman–Crippen MR) is 120 cm³/mol. The Balaban J connectivity index is 0. The second kappa shape index (κ2) is 21.4. The maximum atomic E-state index is 11.7.